The standard InChI is InChI=1S/C17H21ClN4O2S/c1-2-25(23,24)21-13-8-11-22(12-9-13)16-7-6-14(18)17(20-16)15-5-3-4-10-19-15/h3-7,10,13,21H,2,8-9,11-12H2,1H3. The van der Waals surface area contributed by atoms with Gasteiger partial charge in [-0.3, -0.25) is 4.98 Å². The molecule has 6 nitrogen and oxygen atoms in total. The number of sulfonamides is 1. The minimum atomic E-state index is -3.16. The molecule has 3 rings (SSSR count). The number of hydrogen-bond donors (Lipinski definition) is 1. The van der Waals surface area contributed by atoms with Crippen molar-refractivity contribution < 1.29 is 8.42 Å². The Balaban J connectivity index is 1.72. The Morgan fingerprint density at radius 2 is 2.00 bits per heavy atom. The third-order valence-corrected chi connectivity index (χ3v) is 6.04. The highest BCUT2D eigenvalue weighted by molar-refractivity contribution is 7.89. The van der Waals surface area contributed by atoms with Gasteiger partial charge in [0.05, 0.1) is 16.5 Å². The van der Waals surface area contributed by atoms with Crippen LogP contribution in [0.3, 0.4) is 0 Å². The molecule has 1 aliphatic heterocycles. The molecule has 0 unspecified atom stereocenters. The molecular formula is C17H21ClN4O2S. The summed E-state index contributed by atoms with van der Waals surface area (Å²) in [5.74, 6) is 0.946. The number of piperidine rings is 1. The van der Waals surface area contributed by atoms with Crippen molar-refractivity contribution in [3.63, 3.8) is 0 Å². The van der Waals surface area contributed by atoms with E-state index in [1.807, 2.05) is 30.3 Å². The van der Waals surface area contributed by atoms with Gasteiger partial charge in [-0.2, -0.15) is 0 Å². The first kappa shape index (κ1) is 18.1. The van der Waals surface area contributed by atoms with Crippen LogP contribution in [-0.2, 0) is 10.0 Å². The van der Waals surface area contributed by atoms with Gasteiger partial charge in [-0.15, -0.1) is 0 Å². The SMILES string of the molecule is CCS(=O)(=O)NC1CCN(c2ccc(Cl)c(-c3ccccn3)n2)CC1. The van der Waals surface area contributed by atoms with Crippen molar-refractivity contribution in [2.45, 2.75) is 25.8 Å². The van der Waals surface area contributed by atoms with Gasteiger partial charge in [-0.1, -0.05) is 17.7 Å². The Morgan fingerprint density at radius 3 is 2.64 bits per heavy atom. The summed E-state index contributed by atoms with van der Waals surface area (Å²) in [6.07, 6.45) is 3.22. The van der Waals surface area contributed by atoms with Gasteiger partial charge < -0.3 is 4.90 Å². The molecule has 2 aromatic heterocycles. The van der Waals surface area contributed by atoms with E-state index in [2.05, 4.69) is 19.6 Å². The lowest BCUT2D eigenvalue weighted by molar-refractivity contribution is 0.459. The molecule has 1 aliphatic rings. The van der Waals surface area contributed by atoms with E-state index in [9.17, 15) is 8.42 Å². The molecule has 0 amide bonds. The molecular weight excluding hydrogens is 360 g/mol. The lowest BCUT2D eigenvalue weighted by Gasteiger charge is -2.33. The molecule has 0 atom stereocenters. The summed E-state index contributed by atoms with van der Waals surface area (Å²) in [5, 5.41) is 0.563. The number of aromatic nitrogens is 2. The second-order valence-corrected chi connectivity index (χ2v) is 8.45. The molecule has 1 N–H and O–H groups in total. The maximum Gasteiger partial charge on any atom is 0.211 e. The fourth-order valence-electron chi connectivity index (χ4n) is 2.85. The Hall–Kier alpha value is -1.70. The highest BCUT2D eigenvalue weighted by Gasteiger charge is 2.24. The first-order valence-electron chi connectivity index (χ1n) is 8.31. The number of anilines is 1. The summed E-state index contributed by atoms with van der Waals surface area (Å²) in [5.41, 5.74) is 1.40. The molecule has 2 aromatic rings. The van der Waals surface area contributed by atoms with Gasteiger partial charge >= 0.3 is 0 Å². The molecule has 0 radical (unpaired) electrons. The van der Waals surface area contributed by atoms with Gasteiger partial charge in [-0.05, 0) is 44.0 Å². The smallest absolute Gasteiger partial charge is 0.211 e. The predicted molar refractivity (Wildman–Crippen MR) is 100 cm³/mol. The molecule has 134 valence electrons. The number of hydrogen-bond acceptors (Lipinski definition) is 5. The van der Waals surface area contributed by atoms with Crippen LogP contribution in [0.15, 0.2) is 36.5 Å². The van der Waals surface area contributed by atoms with Crippen molar-refractivity contribution in [1.82, 2.24) is 14.7 Å². The first-order valence-corrected chi connectivity index (χ1v) is 10.3. The second kappa shape index (κ2) is 7.68. The van der Waals surface area contributed by atoms with Gasteiger partial charge in [-0.25, -0.2) is 18.1 Å². The van der Waals surface area contributed by atoms with Crippen LogP contribution in [0, 0.1) is 0 Å². The van der Waals surface area contributed by atoms with E-state index >= 15 is 0 Å². The van der Waals surface area contributed by atoms with E-state index < -0.39 is 10.0 Å². The lowest BCUT2D eigenvalue weighted by Crippen LogP contribution is -2.45. The van der Waals surface area contributed by atoms with Crippen LogP contribution in [0.25, 0.3) is 11.4 Å². The lowest BCUT2D eigenvalue weighted by atomic mass is 10.1. The molecule has 1 fully saturated rings. The van der Waals surface area contributed by atoms with Gasteiger partial charge in [0, 0.05) is 25.3 Å². The highest BCUT2D eigenvalue weighted by atomic mass is 35.5. The van der Waals surface area contributed by atoms with Crippen LogP contribution in [0.1, 0.15) is 19.8 Å². The molecule has 0 saturated carbocycles. The van der Waals surface area contributed by atoms with Crippen molar-refractivity contribution in [2.75, 3.05) is 23.7 Å². The van der Waals surface area contributed by atoms with E-state index in [0.29, 0.717) is 10.7 Å². The first-order chi connectivity index (χ1) is 12.0. The Morgan fingerprint density at radius 1 is 1.24 bits per heavy atom. The Labute approximate surface area is 153 Å². The number of rotatable bonds is 5. The summed E-state index contributed by atoms with van der Waals surface area (Å²) in [4.78, 5) is 11.1. The summed E-state index contributed by atoms with van der Waals surface area (Å²) >= 11 is 6.28. The summed E-state index contributed by atoms with van der Waals surface area (Å²) in [6, 6.07) is 9.35. The van der Waals surface area contributed by atoms with E-state index in [-0.39, 0.29) is 11.8 Å². The summed E-state index contributed by atoms with van der Waals surface area (Å²) in [6.45, 7) is 3.13. The molecule has 25 heavy (non-hydrogen) atoms. The largest absolute Gasteiger partial charge is 0.356 e. The quantitative estimate of drug-likeness (QED) is 0.863. The van der Waals surface area contributed by atoms with Gasteiger partial charge in [0.1, 0.15) is 11.5 Å². The molecule has 8 heteroatoms. The minimum Gasteiger partial charge on any atom is -0.356 e. The third kappa shape index (κ3) is 4.48. The number of halogens is 1. The van der Waals surface area contributed by atoms with E-state index in [4.69, 9.17) is 11.6 Å². The van der Waals surface area contributed by atoms with Crippen molar-refractivity contribution in [3.05, 3.63) is 41.6 Å². The average molecular weight is 381 g/mol. The fraction of sp³-hybridized carbons (Fsp3) is 0.412. The van der Waals surface area contributed by atoms with Crippen molar-refractivity contribution in [1.29, 1.82) is 0 Å². The van der Waals surface area contributed by atoms with Crippen LogP contribution in [0.2, 0.25) is 5.02 Å². The van der Waals surface area contributed by atoms with Crippen molar-refractivity contribution >= 4 is 27.4 Å². The van der Waals surface area contributed by atoms with Crippen molar-refractivity contribution in [3.8, 4) is 11.4 Å². The fourth-order valence-corrected chi connectivity index (χ4v) is 3.97. The molecule has 0 aliphatic carbocycles. The van der Waals surface area contributed by atoms with Crippen LogP contribution < -0.4 is 9.62 Å². The van der Waals surface area contributed by atoms with Crippen LogP contribution in [0.5, 0.6) is 0 Å². The normalized spacial score (nSPS) is 16.2. The number of nitrogens with one attached hydrogen (secondary N) is 1. The predicted octanol–water partition coefficient (Wildman–Crippen LogP) is 2.71. The van der Waals surface area contributed by atoms with Crippen molar-refractivity contribution in [2.24, 2.45) is 0 Å². The maximum absolute atomic E-state index is 11.7. The maximum atomic E-state index is 11.7. The number of nitrogens with zero attached hydrogens (tertiary/aromatic N) is 3. The van der Waals surface area contributed by atoms with Crippen LogP contribution in [-0.4, -0.2) is 43.3 Å². The summed E-state index contributed by atoms with van der Waals surface area (Å²) < 4.78 is 26.2. The Kier molecular flexibility index (Phi) is 5.56. The molecule has 3 heterocycles. The van der Waals surface area contributed by atoms with Crippen LogP contribution >= 0.6 is 11.6 Å². The zero-order valence-corrected chi connectivity index (χ0v) is 15.6. The third-order valence-electron chi connectivity index (χ3n) is 4.28. The van der Waals surface area contributed by atoms with E-state index in [0.717, 1.165) is 37.4 Å². The molecule has 1 saturated heterocycles. The van der Waals surface area contributed by atoms with E-state index in [1.54, 1.807) is 13.1 Å². The zero-order valence-electron chi connectivity index (χ0n) is 14.0. The minimum absolute atomic E-state index is 0.0104. The van der Waals surface area contributed by atoms with Gasteiger partial charge in [0.15, 0.2) is 0 Å². The van der Waals surface area contributed by atoms with Gasteiger partial charge in [0.25, 0.3) is 0 Å². The topological polar surface area (TPSA) is 75.2 Å². The number of pyridine rings is 2. The Bertz CT molecular complexity index is 822. The monoisotopic (exact) mass is 380 g/mol. The highest BCUT2D eigenvalue weighted by Crippen LogP contribution is 2.28. The average Bonchev–Trinajstić information content (AvgIpc) is 2.63. The molecule has 0 bridgehead atoms. The second-order valence-electron chi connectivity index (χ2n) is 6.00. The molecule has 0 spiro atoms. The van der Waals surface area contributed by atoms with Gasteiger partial charge in [0.2, 0.25) is 10.0 Å². The van der Waals surface area contributed by atoms with Crippen LogP contribution in [0.4, 0.5) is 5.82 Å². The zero-order chi connectivity index (χ0) is 17.9. The van der Waals surface area contributed by atoms with E-state index in [1.165, 1.54) is 0 Å². The summed E-state index contributed by atoms with van der Waals surface area (Å²) in [7, 11) is -3.16. The molecule has 0 aromatic carbocycles.